The largest absolute Gasteiger partial charge is 0.463 e. The van der Waals surface area contributed by atoms with Crippen molar-refractivity contribution in [1.82, 2.24) is 14.1 Å². The molecule has 0 saturated carbocycles. The van der Waals surface area contributed by atoms with E-state index in [9.17, 15) is 9.59 Å². The average Bonchev–Trinajstić information content (AvgIpc) is 3.22. The van der Waals surface area contributed by atoms with Crippen molar-refractivity contribution in [1.29, 1.82) is 0 Å². The first-order chi connectivity index (χ1) is 17.8. The minimum atomic E-state index is -0.217. The molecule has 0 bridgehead atoms. The Kier molecular flexibility index (Phi) is 9.08. The SMILES string of the molecule is Cc1cc(-c2nc3cc(CC[C@@H](CCCl)C(=O)OC(C)C)ccc3n2CC2CCOCC2)cn(C)c1=O. The zero-order valence-corrected chi connectivity index (χ0v) is 23.1. The highest BCUT2D eigenvalue weighted by atomic mass is 35.5. The summed E-state index contributed by atoms with van der Waals surface area (Å²) in [6, 6.07) is 8.33. The van der Waals surface area contributed by atoms with Gasteiger partial charge >= 0.3 is 5.97 Å². The number of alkyl halides is 1. The number of hydrogen-bond acceptors (Lipinski definition) is 5. The Morgan fingerprint density at radius 1 is 1.22 bits per heavy atom. The highest BCUT2D eigenvalue weighted by Gasteiger charge is 2.22. The van der Waals surface area contributed by atoms with Gasteiger partial charge < -0.3 is 18.6 Å². The molecule has 37 heavy (non-hydrogen) atoms. The van der Waals surface area contributed by atoms with Crippen LogP contribution in [0.25, 0.3) is 22.4 Å². The Balaban J connectivity index is 1.66. The summed E-state index contributed by atoms with van der Waals surface area (Å²) >= 11 is 5.98. The lowest BCUT2D eigenvalue weighted by molar-refractivity contribution is -0.152. The molecular weight excluding hydrogens is 490 g/mol. The third-order valence-electron chi connectivity index (χ3n) is 7.14. The summed E-state index contributed by atoms with van der Waals surface area (Å²) in [6.45, 7) is 8.01. The van der Waals surface area contributed by atoms with Gasteiger partial charge in [-0.1, -0.05) is 6.07 Å². The van der Waals surface area contributed by atoms with Crippen molar-refractivity contribution in [3.8, 4) is 11.4 Å². The molecule has 0 N–H and O–H groups in total. The Morgan fingerprint density at radius 2 is 1.97 bits per heavy atom. The number of nitrogens with zero attached hydrogens (tertiary/aromatic N) is 3. The summed E-state index contributed by atoms with van der Waals surface area (Å²) < 4.78 is 14.9. The van der Waals surface area contributed by atoms with Crippen LogP contribution >= 0.6 is 11.6 Å². The molecule has 1 saturated heterocycles. The molecule has 200 valence electrons. The van der Waals surface area contributed by atoms with Crippen molar-refractivity contribution in [3.05, 3.63) is 51.9 Å². The van der Waals surface area contributed by atoms with Crippen molar-refractivity contribution >= 4 is 28.6 Å². The molecule has 1 aromatic carbocycles. The van der Waals surface area contributed by atoms with Crippen LogP contribution in [0, 0.1) is 18.8 Å². The number of carbonyl (C=O) groups is 1. The maximum absolute atomic E-state index is 12.5. The molecule has 3 heterocycles. The molecule has 1 aliphatic heterocycles. The zero-order valence-electron chi connectivity index (χ0n) is 22.3. The molecule has 8 heteroatoms. The smallest absolute Gasteiger partial charge is 0.309 e. The number of ether oxygens (including phenoxy) is 2. The van der Waals surface area contributed by atoms with Crippen LogP contribution in [-0.4, -0.2) is 45.3 Å². The quantitative estimate of drug-likeness (QED) is 0.265. The second-order valence-electron chi connectivity index (χ2n) is 10.5. The zero-order chi connectivity index (χ0) is 26.5. The predicted octanol–water partition coefficient (Wildman–Crippen LogP) is 5.27. The number of hydrogen-bond donors (Lipinski definition) is 0. The first-order valence-corrected chi connectivity index (χ1v) is 13.8. The van der Waals surface area contributed by atoms with Crippen LogP contribution in [0.4, 0.5) is 0 Å². The van der Waals surface area contributed by atoms with E-state index < -0.39 is 0 Å². The molecule has 1 atom stereocenters. The molecule has 0 unspecified atom stereocenters. The number of fused-ring (bicyclic) bond motifs is 1. The standard InChI is InChI=1S/C29H38ClN3O4/c1-19(2)37-29(35)23(9-12-30)7-5-21-6-8-26-25(16-21)31-27(24-15-20(3)28(34)32(4)18-24)33(26)17-22-10-13-36-14-11-22/h6,8,15-16,18-19,22-23H,5,7,9-14,17H2,1-4H3/t23-/m0/s1. The lowest BCUT2D eigenvalue weighted by Gasteiger charge is -2.23. The summed E-state index contributed by atoms with van der Waals surface area (Å²) in [5.74, 6) is 1.42. The fraction of sp³-hybridized carbons (Fsp3) is 0.552. The summed E-state index contributed by atoms with van der Waals surface area (Å²) in [4.78, 5) is 29.9. The van der Waals surface area contributed by atoms with Gasteiger partial charge in [0.1, 0.15) is 5.82 Å². The predicted molar refractivity (Wildman–Crippen MR) is 147 cm³/mol. The fourth-order valence-electron chi connectivity index (χ4n) is 5.10. The molecule has 7 nitrogen and oxygen atoms in total. The van der Waals surface area contributed by atoms with Crippen LogP contribution < -0.4 is 5.56 Å². The van der Waals surface area contributed by atoms with E-state index in [0.717, 1.165) is 67.0 Å². The number of halogens is 1. The molecule has 0 spiro atoms. The number of benzene rings is 1. The third-order valence-corrected chi connectivity index (χ3v) is 7.36. The third kappa shape index (κ3) is 6.63. The first kappa shape index (κ1) is 27.4. The number of imidazole rings is 1. The molecule has 4 rings (SSSR count). The molecule has 3 aromatic rings. The number of aromatic nitrogens is 3. The minimum Gasteiger partial charge on any atom is -0.463 e. The van der Waals surface area contributed by atoms with E-state index in [1.807, 2.05) is 33.0 Å². The van der Waals surface area contributed by atoms with Gasteiger partial charge in [-0.2, -0.15) is 0 Å². The monoisotopic (exact) mass is 527 g/mol. The highest BCUT2D eigenvalue weighted by Crippen LogP contribution is 2.29. The van der Waals surface area contributed by atoms with E-state index >= 15 is 0 Å². The number of pyridine rings is 1. The lowest BCUT2D eigenvalue weighted by atomic mass is 9.97. The van der Waals surface area contributed by atoms with E-state index in [4.69, 9.17) is 26.1 Å². The van der Waals surface area contributed by atoms with Gasteiger partial charge in [-0.3, -0.25) is 9.59 Å². The van der Waals surface area contributed by atoms with Crippen LogP contribution in [-0.2, 0) is 34.3 Å². The van der Waals surface area contributed by atoms with Crippen LogP contribution in [0.3, 0.4) is 0 Å². The normalized spacial score (nSPS) is 15.4. The van der Waals surface area contributed by atoms with Gasteiger partial charge in [0, 0.05) is 50.0 Å². The number of rotatable bonds is 10. The van der Waals surface area contributed by atoms with E-state index in [0.29, 0.717) is 30.2 Å². The van der Waals surface area contributed by atoms with Crippen LogP contribution in [0.5, 0.6) is 0 Å². The number of carbonyl (C=O) groups excluding carboxylic acids is 1. The Bertz CT molecular complexity index is 1260. The molecule has 2 aromatic heterocycles. The van der Waals surface area contributed by atoms with E-state index in [-0.39, 0.29) is 23.6 Å². The van der Waals surface area contributed by atoms with Gasteiger partial charge in [-0.25, -0.2) is 4.98 Å². The second-order valence-corrected chi connectivity index (χ2v) is 10.8. The summed E-state index contributed by atoms with van der Waals surface area (Å²) in [5, 5.41) is 0. The van der Waals surface area contributed by atoms with Crippen LogP contribution in [0.2, 0.25) is 0 Å². The highest BCUT2D eigenvalue weighted by molar-refractivity contribution is 6.17. The lowest BCUT2D eigenvalue weighted by Crippen LogP contribution is -2.22. The summed E-state index contributed by atoms with van der Waals surface area (Å²) in [5.41, 5.74) is 4.76. The molecule has 1 fully saturated rings. The molecule has 0 amide bonds. The van der Waals surface area contributed by atoms with E-state index in [1.165, 1.54) is 0 Å². The number of esters is 1. The maximum Gasteiger partial charge on any atom is 0.309 e. The van der Waals surface area contributed by atoms with E-state index in [1.54, 1.807) is 11.6 Å². The maximum atomic E-state index is 12.5. The van der Waals surface area contributed by atoms with Crippen molar-refractivity contribution in [3.63, 3.8) is 0 Å². The van der Waals surface area contributed by atoms with Crippen LogP contribution in [0.15, 0.2) is 35.3 Å². The van der Waals surface area contributed by atoms with Gasteiger partial charge in [0.25, 0.3) is 5.56 Å². The second kappa shape index (κ2) is 12.3. The minimum absolute atomic E-state index is 0.000574. The van der Waals surface area contributed by atoms with Gasteiger partial charge in [-0.05, 0) is 82.6 Å². The van der Waals surface area contributed by atoms with Gasteiger partial charge in [0.05, 0.1) is 23.1 Å². The Labute approximate surface area is 223 Å². The Morgan fingerprint density at radius 3 is 2.65 bits per heavy atom. The molecule has 1 aliphatic rings. The average molecular weight is 528 g/mol. The summed E-state index contributed by atoms with van der Waals surface area (Å²) in [7, 11) is 1.78. The first-order valence-electron chi connectivity index (χ1n) is 13.3. The molecule has 0 radical (unpaired) electrons. The van der Waals surface area contributed by atoms with E-state index in [2.05, 4.69) is 22.8 Å². The molecular formula is C29H38ClN3O4. The van der Waals surface area contributed by atoms with Crippen LogP contribution in [0.1, 0.15) is 50.7 Å². The topological polar surface area (TPSA) is 75.3 Å². The summed E-state index contributed by atoms with van der Waals surface area (Å²) in [6.07, 6.45) is 5.81. The van der Waals surface area contributed by atoms with Gasteiger partial charge in [-0.15, -0.1) is 11.6 Å². The number of aryl methyl sites for hydroxylation is 3. The van der Waals surface area contributed by atoms with Crippen molar-refractivity contribution in [2.45, 2.75) is 65.5 Å². The fourth-order valence-corrected chi connectivity index (χ4v) is 5.37. The van der Waals surface area contributed by atoms with Gasteiger partial charge in [0.15, 0.2) is 0 Å². The van der Waals surface area contributed by atoms with Crippen molar-refractivity contribution < 1.29 is 14.3 Å². The molecule has 0 aliphatic carbocycles. The van der Waals surface area contributed by atoms with Crippen molar-refractivity contribution in [2.75, 3.05) is 19.1 Å². The Hall–Kier alpha value is -2.64. The van der Waals surface area contributed by atoms with Gasteiger partial charge in [0.2, 0.25) is 0 Å². The van der Waals surface area contributed by atoms with Crippen molar-refractivity contribution in [2.24, 2.45) is 18.9 Å².